The summed E-state index contributed by atoms with van der Waals surface area (Å²) < 4.78 is 4.79. The van der Waals surface area contributed by atoms with E-state index in [4.69, 9.17) is 4.42 Å². The van der Waals surface area contributed by atoms with E-state index in [2.05, 4.69) is 0 Å². The van der Waals surface area contributed by atoms with Crippen molar-refractivity contribution in [2.75, 3.05) is 0 Å². The monoisotopic (exact) mass is 234 g/mol. The fourth-order valence-electron chi connectivity index (χ4n) is 1.54. The molecule has 1 heterocycles. The third-order valence-electron chi connectivity index (χ3n) is 2.22. The lowest BCUT2D eigenvalue weighted by Gasteiger charge is -2.01. The first-order chi connectivity index (χ1) is 8.11. The van der Waals surface area contributed by atoms with E-state index < -0.39 is 9.85 Å². The number of hydrogen-bond donors (Lipinski definition) is 0. The molecule has 7 heteroatoms. The van der Waals surface area contributed by atoms with Gasteiger partial charge in [-0.3, -0.25) is 20.2 Å². The Kier molecular flexibility index (Phi) is 2.57. The summed E-state index contributed by atoms with van der Waals surface area (Å²) in [5, 5.41) is 21.7. The summed E-state index contributed by atoms with van der Waals surface area (Å²) in [7, 11) is 0. The van der Waals surface area contributed by atoms with Crippen molar-refractivity contribution in [1.29, 1.82) is 0 Å². The van der Waals surface area contributed by atoms with Crippen LogP contribution in [-0.2, 0) is 0 Å². The van der Waals surface area contributed by atoms with Gasteiger partial charge in [0.15, 0.2) is 0 Å². The van der Waals surface area contributed by atoms with Gasteiger partial charge in [-0.2, -0.15) is 0 Å². The van der Waals surface area contributed by atoms with Crippen molar-refractivity contribution in [3.63, 3.8) is 0 Å². The van der Waals surface area contributed by atoms with E-state index in [0.717, 1.165) is 0 Å². The second kappa shape index (κ2) is 4.05. The molecule has 0 N–H and O–H groups in total. The zero-order chi connectivity index (χ0) is 12.4. The summed E-state index contributed by atoms with van der Waals surface area (Å²) in [4.78, 5) is 20.4. The minimum Gasteiger partial charge on any atom is -0.472 e. The van der Waals surface area contributed by atoms with Gasteiger partial charge >= 0.3 is 0 Å². The van der Waals surface area contributed by atoms with Crippen LogP contribution in [0.5, 0.6) is 0 Å². The van der Waals surface area contributed by atoms with Crippen LogP contribution in [0.3, 0.4) is 0 Å². The molecule has 0 aliphatic carbocycles. The average Bonchev–Trinajstić information content (AvgIpc) is 2.80. The van der Waals surface area contributed by atoms with E-state index in [1.807, 2.05) is 0 Å². The zero-order valence-corrected chi connectivity index (χ0v) is 8.40. The molecule has 0 atom stereocenters. The van der Waals surface area contributed by atoms with E-state index in [-0.39, 0.29) is 16.9 Å². The topological polar surface area (TPSA) is 99.4 Å². The number of furan rings is 1. The van der Waals surface area contributed by atoms with Crippen LogP contribution >= 0.6 is 0 Å². The molecule has 2 aromatic rings. The molecule has 0 spiro atoms. The second-order valence-electron chi connectivity index (χ2n) is 3.20. The Bertz CT molecular complexity index is 544. The fourth-order valence-corrected chi connectivity index (χ4v) is 1.54. The van der Waals surface area contributed by atoms with Crippen LogP contribution in [-0.4, -0.2) is 9.85 Å². The van der Waals surface area contributed by atoms with Gasteiger partial charge in [0, 0.05) is 17.7 Å². The Balaban J connectivity index is 2.76. The molecule has 86 valence electrons. The van der Waals surface area contributed by atoms with Crippen molar-refractivity contribution >= 4 is 11.4 Å². The molecule has 0 radical (unpaired) electrons. The minimum absolute atomic E-state index is 0.0451. The van der Waals surface area contributed by atoms with Gasteiger partial charge in [0.1, 0.15) is 5.56 Å². The zero-order valence-electron chi connectivity index (χ0n) is 8.40. The Morgan fingerprint density at radius 1 is 1.00 bits per heavy atom. The van der Waals surface area contributed by atoms with Gasteiger partial charge in [0.25, 0.3) is 11.4 Å². The summed E-state index contributed by atoms with van der Waals surface area (Å²) in [6.45, 7) is 0. The third kappa shape index (κ3) is 1.85. The molecular weight excluding hydrogens is 228 g/mol. The Morgan fingerprint density at radius 3 is 2.00 bits per heavy atom. The van der Waals surface area contributed by atoms with E-state index in [9.17, 15) is 20.2 Å². The fraction of sp³-hybridized carbons (Fsp3) is 0. The predicted octanol–water partition coefficient (Wildman–Crippen LogP) is 2.76. The maximum absolute atomic E-state index is 10.8. The molecule has 0 aliphatic rings. The van der Waals surface area contributed by atoms with E-state index in [1.165, 1.54) is 36.8 Å². The molecule has 2 rings (SSSR count). The predicted molar refractivity (Wildman–Crippen MR) is 57.5 cm³/mol. The van der Waals surface area contributed by atoms with E-state index in [1.54, 1.807) is 0 Å². The summed E-state index contributed by atoms with van der Waals surface area (Å²) in [6.07, 6.45) is 2.53. The minimum atomic E-state index is -0.657. The smallest absolute Gasteiger partial charge is 0.284 e. The van der Waals surface area contributed by atoms with Gasteiger partial charge < -0.3 is 4.42 Å². The molecule has 0 fully saturated rings. The van der Waals surface area contributed by atoms with Crippen LogP contribution in [0, 0.1) is 20.2 Å². The van der Waals surface area contributed by atoms with Gasteiger partial charge in [-0.05, 0) is 12.1 Å². The van der Waals surface area contributed by atoms with Crippen molar-refractivity contribution in [2.45, 2.75) is 0 Å². The van der Waals surface area contributed by atoms with Crippen LogP contribution in [0.2, 0.25) is 0 Å². The number of nitrogens with zero attached hydrogens (tertiary/aromatic N) is 2. The molecule has 0 bridgehead atoms. The van der Waals surface area contributed by atoms with E-state index >= 15 is 0 Å². The molecule has 0 aliphatic heterocycles. The lowest BCUT2D eigenvalue weighted by Crippen LogP contribution is -1.96. The van der Waals surface area contributed by atoms with Crippen molar-refractivity contribution in [3.8, 4) is 11.1 Å². The molecule has 1 aromatic heterocycles. The third-order valence-corrected chi connectivity index (χ3v) is 2.22. The molecule has 0 unspecified atom stereocenters. The normalized spacial score (nSPS) is 10.1. The van der Waals surface area contributed by atoms with Crippen molar-refractivity contribution < 1.29 is 14.3 Å². The highest BCUT2D eigenvalue weighted by Crippen LogP contribution is 2.37. The highest BCUT2D eigenvalue weighted by molar-refractivity contribution is 5.81. The van der Waals surface area contributed by atoms with E-state index in [0.29, 0.717) is 5.56 Å². The van der Waals surface area contributed by atoms with Crippen molar-refractivity contribution in [3.05, 3.63) is 57.0 Å². The Labute approximate surface area is 94.6 Å². The molecule has 17 heavy (non-hydrogen) atoms. The molecule has 0 saturated heterocycles. The summed E-state index contributed by atoms with van der Waals surface area (Å²) in [6, 6.07) is 5.15. The Morgan fingerprint density at radius 2 is 1.59 bits per heavy atom. The number of benzene rings is 1. The first-order valence-electron chi connectivity index (χ1n) is 4.55. The number of nitro groups is 2. The van der Waals surface area contributed by atoms with Gasteiger partial charge in [-0.15, -0.1) is 0 Å². The van der Waals surface area contributed by atoms with Gasteiger partial charge in [-0.25, -0.2) is 0 Å². The quantitative estimate of drug-likeness (QED) is 0.600. The first-order valence-corrected chi connectivity index (χ1v) is 4.55. The maximum Gasteiger partial charge on any atom is 0.284 e. The molecule has 0 saturated carbocycles. The van der Waals surface area contributed by atoms with Crippen molar-refractivity contribution in [1.82, 2.24) is 0 Å². The number of rotatable bonds is 3. The van der Waals surface area contributed by atoms with Crippen LogP contribution in [0.25, 0.3) is 11.1 Å². The lowest BCUT2D eigenvalue weighted by molar-refractivity contribution is -0.392. The lowest BCUT2D eigenvalue weighted by atomic mass is 10.0. The number of hydrogen-bond acceptors (Lipinski definition) is 5. The van der Waals surface area contributed by atoms with Crippen LogP contribution in [0.4, 0.5) is 11.4 Å². The largest absolute Gasteiger partial charge is 0.472 e. The van der Waals surface area contributed by atoms with Crippen LogP contribution < -0.4 is 0 Å². The van der Waals surface area contributed by atoms with Crippen molar-refractivity contribution in [2.24, 2.45) is 0 Å². The van der Waals surface area contributed by atoms with Gasteiger partial charge in [0.2, 0.25) is 0 Å². The average molecular weight is 234 g/mol. The molecule has 0 amide bonds. The Hall–Kier alpha value is -2.70. The number of nitro benzene ring substituents is 2. The van der Waals surface area contributed by atoms with Gasteiger partial charge in [0.05, 0.1) is 22.4 Å². The summed E-state index contributed by atoms with van der Waals surface area (Å²) in [5.41, 5.74) is -0.374. The highest BCUT2D eigenvalue weighted by Gasteiger charge is 2.26. The highest BCUT2D eigenvalue weighted by atomic mass is 16.6. The van der Waals surface area contributed by atoms with Crippen LogP contribution in [0.1, 0.15) is 0 Å². The standard InChI is InChI=1S/C10H6N2O5/c13-11(14)8-2-1-3-9(12(15)16)10(8)7-4-5-17-6-7/h1-6H. The maximum atomic E-state index is 10.8. The first kappa shape index (κ1) is 10.8. The molecule has 7 nitrogen and oxygen atoms in total. The summed E-state index contributed by atoms with van der Waals surface area (Å²) in [5.74, 6) is 0. The molecular formula is C10H6N2O5. The van der Waals surface area contributed by atoms with Gasteiger partial charge in [-0.1, -0.05) is 0 Å². The summed E-state index contributed by atoms with van der Waals surface area (Å²) >= 11 is 0. The molecule has 1 aromatic carbocycles. The van der Waals surface area contributed by atoms with Crippen LogP contribution in [0.15, 0.2) is 41.2 Å². The second-order valence-corrected chi connectivity index (χ2v) is 3.20. The SMILES string of the molecule is O=[N+]([O-])c1cccc([N+](=O)[O-])c1-c1ccoc1.